The second-order valence-electron chi connectivity index (χ2n) is 8.46. The Balaban J connectivity index is 1.88. The van der Waals surface area contributed by atoms with Gasteiger partial charge in [0.2, 0.25) is 11.8 Å². The summed E-state index contributed by atoms with van der Waals surface area (Å²) in [5.74, 6) is -0.196. The highest BCUT2D eigenvalue weighted by Gasteiger charge is 2.34. The molecule has 1 atom stereocenters. The minimum Gasteiger partial charge on any atom is -0.494 e. The van der Waals surface area contributed by atoms with Crippen molar-refractivity contribution in [2.24, 2.45) is 0 Å². The molecule has 8 heteroatoms. The van der Waals surface area contributed by atoms with Crippen LogP contribution in [0.2, 0.25) is 0 Å². The molecule has 0 spiro atoms. The van der Waals surface area contributed by atoms with Crippen molar-refractivity contribution in [2.45, 2.75) is 64.5 Å². The van der Waals surface area contributed by atoms with Gasteiger partial charge in [0.05, 0.1) is 18.0 Å². The average molecular weight is 486 g/mol. The molecule has 1 aliphatic rings. The Bertz CT molecular complexity index is 941. The fourth-order valence-corrected chi connectivity index (χ4v) is 4.91. The van der Waals surface area contributed by atoms with Crippen molar-refractivity contribution in [2.75, 3.05) is 19.7 Å². The Labute approximate surface area is 205 Å². The SMILES string of the molecule is CCCCN(C(=O)CNC(=O)c1cccs1)[C@H](C(=O)NC1CCCC1)c1ccccc1OCC. The van der Waals surface area contributed by atoms with E-state index in [-0.39, 0.29) is 30.3 Å². The first-order valence-electron chi connectivity index (χ1n) is 12.2. The standard InChI is InChI=1S/C26H35N3O4S/c1-3-5-16-29(23(30)18-27-25(31)22-15-10-17-34-22)24(26(32)28-19-11-6-7-12-19)20-13-8-9-14-21(20)33-4-2/h8-10,13-15,17,19,24H,3-7,11-12,16,18H2,1-2H3,(H,27,31)(H,28,32)/t24-/m0/s1. The van der Waals surface area contributed by atoms with E-state index in [0.717, 1.165) is 38.5 Å². The predicted octanol–water partition coefficient (Wildman–Crippen LogP) is 4.31. The molecule has 1 fully saturated rings. The first kappa shape index (κ1) is 25.7. The summed E-state index contributed by atoms with van der Waals surface area (Å²) in [6, 6.07) is 10.2. The van der Waals surface area contributed by atoms with Crippen molar-refractivity contribution in [3.8, 4) is 5.75 Å². The van der Waals surface area contributed by atoms with Crippen LogP contribution in [0.3, 0.4) is 0 Å². The van der Waals surface area contributed by atoms with Crippen LogP contribution in [0, 0.1) is 0 Å². The Morgan fingerprint density at radius 1 is 1.12 bits per heavy atom. The molecule has 3 rings (SSSR count). The van der Waals surface area contributed by atoms with Crippen molar-refractivity contribution in [1.29, 1.82) is 0 Å². The summed E-state index contributed by atoms with van der Waals surface area (Å²) < 4.78 is 5.83. The van der Waals surface area contributed by atoms with Crippen LogP contribution in [-0.4, -0.2) is 48.4 Å². The number of thiophene rings is 1. The lowest BCUT2D eigenvalue weighted by Gasteiger charge is -2.33. The number of nitrogens with one attached hydrogen (secondary N) is 2. The molecule has 1 aromatic carbocycles. The number of amides is 3. The molecule has 0 aliphatic heterocycles. The fraction of sp³-hybridized carbons (Fsp3) is 0.500. The van der Waals surface area contributed by atoms with E-state index in [9.17, 15) is 14.4 Å². The molecule has 2 N–H and O–H groups in total. The van der Waals surface area contributed by atoms with E-state index in [1.54, 1.807) is 17.0 Å². The molecular formula is C26H35N3O4S. The molecule has 1 aromatic heterocycles. The first-order chi connectivity index (χ1) is 16.5. The second kappa shape index (κ2) is 13.1. The van der Waals surface area contributed by atoms with Crippen LogP contribution < -0.4 is 15.4 Å². The summed E-state index contributed by atoms with van der Waals surface area (Å²) in [4.78, 5) is 41.6. The topological polar surface area (TPSA) is 87.7 Å². The van der Waals surface area contributed by atoms with Gasteiger partial charge in [0.25, 0.3) is 5.91 Å². The highest BCUT2D eigenvalue weighted by Crippen LogP contribution is 2.31. The molecule has 34 heavy (non-hydrogen) atoms. The minimum absolute atomic E-state index is 0.121. The van der Waals surface area contributed by atoms with Gasteiger partial charge in [-0.3, -0.25) is 14.4 Å². The van der Waals surface area contributed by atoms with E-state index in [4.69, 9.17) is 4.74 Å². The van der Waals surface area contributed by atoms with Gasteiger partial charge in [0, 0.05) is 18.2 Å². The van der Waals surface area contributed by atoms with Crippen LogP contribution in [0.5, 0.6) is 5.75 Å². The normalized spacial score (nSPS) is 14.4. The van der Waals surface area contributed by atoms with Crippen LogP contribution in [0.15, 0.2) is 41.8 Å². The highest BCUT2D eigenvalue weighted by molar-refractivity contribution is 7.12. The summed E-state index contributed by atoms with van der Waals surface area (Å²) in [6.07, 6.45) is 5.71. The van der Waals surface area contributed by atoms with Crippen LogP contribution in [0.4, 0.5) is 0 Å². The number of benzene rings is 1. The number of nitrogens with zero attached hydrogens (tertiary/aromatic N) is 1. The number of unbranched alkanes of at least 4 members (excludes halogenated alkanes) is 1. The van der Waals surface area contributed by atoms with Crippen molar-refractivity contribution in [3.05, 3.63) is 52.2 Å². The molecule has 1 heterocycles. The molecule has 0 saturated heterocycles. The maximum atomic E-state index is 13.6. The van der Waals surface area contributed by atoms with Crippen LogP contribution in [0.25, 0.3) is 0 Å². The van der Waals surface area contributed by atoms with E-state index < -0.39 is 6.04 Å². The molecule has 3 amide bonds. The average Bonchev–Trinajstić information content (AvgIpc) is 3.55. The van der Waals surface area contributed by atoms with Gasteiger partial charge in [-0.1, -0.05) is 50.5 Å². The van der Waals surface area contributed by atoms with Gasteiger partial charge < -0.3 is 20.3 Å². The Kier molecular flexibility index (Phi) is 9.94. The zero-order chi connectivity index (χ0) is 24.3. The van der Waals surface area contributed by atoms with E-state index >= 15 is 0 Å². The van der Waals surface area contributed by atoms with Gasteiger partial charge >= 0.3 is 0 Å². The third-order valence-corrected chi connectivity index (χ3v) is 6.86. The number of rotatable bonds is 12. The van der Waals surface area contributed by atoms with Crippen LogP contribution >= 0.6 is 11.3 Å². The van der Waals surface area contributed by atoms with E-state index in [0.29, 0.717) is 29.3 Å². The lowest BCUT2D eigenvalue weighted by Crippen LogP contribution is -2.49. The second-order valence-corrected chi connectivity index (χ2v) is 9.41. The summed E-state index contributed by atoms with van der Waals surface area (Å²) in [5.41, 5.74) is 0.661. The van der Waals surface area contributed by atoms with Crippen LogP contribution in [0.1, 0.15) is 73.6 Å². The number of carbonyl (C=O) groups is 3. The van der Waals surface area contributed by atoms with Crippen molar-refractivity contribution >= 4 is 29.1 Å². The zero-order valence-electron chi connectivity index (χ0n) is 20.0. The number of hydrogen-bond donors (Lipinski definition) is 2. The molecule has 1 saturated carbocycles. The molecule has 0 radical (unpaired) electrons. The maximum absolute atomic E-state index is 13.6. The summed E-state index contributed by atoms with van der Waals surface area (Å²) in [5, 5.41) is 7.71. The number of hydrogen-bond acceptors (Lipinski definition) is 5. The van der Waals surface area contributed by atoms with Gasteiger partial charge in [-0.25, -0.2) is 0 Å². The molecule has 7 nitrogen and oxygen atoms in total. The van der Waals surface area contributed by atoms with Gasteiger partial charge in [-0.05, 0) is 43.7 Å². The number of para-hydroxylation sites is 1. The monoisotopic (exact) mass is 485 g/mol. The molecule has 0 bridgehead atoms. The van der Waals surface area contributed by atoms with Crippen molar-refractivity contribution in [1.82, 2.24) is 15.5 Å². The molecule has 184 valence electrons. The summed E-state index contributed by atoms with van der Waals surface area (Å²) in [6.45, 7) is 4.62. The lowest BCUT2D eigenvalue weighted by atomic mass is 10.0. The smallest absolute Gasteiger partial charge is 0.261 e. The maximum Gasteiger partial charge on any atom is 0.261 e. The summed E-state index contributed by atoms with van der Waals surface area (Å²) >= 11 is 1.32. The third-order valence-electron chi connectivity index (χ3n) is 5.99. The molecule has 0 unspecified atom stereocenters. The van der Waals surface area contributed by atoms with Gasteiger partial charge in [-0.15, -0.1) is 11.3 Å². The largest absolute Gasteiger partial charge is 0.494 e. The fourth-order valence-electron chi connectivity index (χ4n) is 4.27. The predicted molar refractivity (Wildman–Crippen MR) is 134 cm³/mol. The third kappa shape index (κ3) is 6.82. The molecule has 1 aliphatic carbocycles. The minimum atomic E-state index is -0.832. The van der Waals surface area contributed by atoms with Gasteiger partial charge in [0.15, 0.2) is 0 Å². The molecular weight excluding hydrogens is 450 g/mol. The Morgan fingerprint density at radius 3 is 2.56 bits per heavy atom. The number of carbonyl (C=O) groups excluding carboxylic acids is 3. The van der Waals surface area contributed by atoms with Gasteiger partial charge in [-0.2, -0.15) is 0 Å². The zero-order valence-corrected chi connectivity index (χ0v) is 20.9. The summed E-state index contributed by atoms with van der Waals surface area (Å²) in [7, 11) is 0. The Hall–Kier alpha value is -2.87. The van der Waals surface area contributed by atoms with E-state index in [1.165, 1.54) is 11.3 Å². The Morgan fingerprint density at radius 2 is 1.88 bits per heavy atom. The van der Waals surface area contributed by atoms with Crippen LogP contribution in [-0.2, 0) is 9.59 Å². The quantitative estimate of drug-likeness (QED) is 0.469. The first-order valence-corrected chi connectivity index (χ1v) is 13.1. The van der Waals surface area contributed by atoms with E-state index in [1.807, 2.05) is 43.5 Å². The highest BCUT2D eigenvalue weighted by atomic mass is 32.1. The lowest BCUT2D eigenvalue weighted by molar-refractivity contribution is -0.140. The van der Waals surface area contributed by atoms with Gasteiger partial charge in [0.1, 0.15) is 11.8 Å². The van der Waals surface area contributed by atoms with Crippen molar-refractivity contribution in [3.63, 3.8) is 0 Å². The number of ether oxygens (including phenoxy) is 1. The van der Waals surface area contributed by atoms with E-state index in [2.05, 4.69) is 10.6 Å². The van der Waals surface area contributed by atoms with Crippen molar-refractivity contribution < 1.29 is 19.1 Å². The molecule has 2 aromatic rings.